The number of ether oxygens (including phenoxy) is 1. The number of carbonyl (C=O) groups is 3. The van der Waals surface area contributed by atoms with E-state index < -0.39 is 30.1 Å². The Labute approximate surface area is 190 Å². The summed E-state index contributed by atoms with van der Waals surface area (Å²) in [7, 11) is 1.64. The summed E-state index contributed by atoms with van der Waals surface area (Å²) in [4.78, 5) is 36.5. The van der Waals surface area contributed by atoms with E-state index in [2.05, 4.69) is 15.7 Å². The molecule has 0 saturated heterocycles. The number of rotatable bonds is 7. The average Bonchev–Trinajstić information content (AvgIpc) is 3.36. The SMILES string of the molecule is CC(NC(=O)OCC1c2ccccc2-c2ccccc21)C(=O)NC(C(=O)O)c1cnn(C)c1. The van der Waals surface area contributed by atoms with Crippen LogP contribution >= 0.6 is 0 Å². The van der Waals surface area contributed by atoms with Crippen LogP contribution in [0.15, 0.2) is 60.9 Å². The van der Waals surface area contributed by atoms with Crippen molar-refractivity contribution in [2.45, 2.75) is 24.9 Å². The average molecular weight is 448 g/mol. The third-order valence-corrected chi connectivity index (χ3v) is 5.66. The molecule has 0 spiro atoms. The van der Waals surface area contributed by atoms with Gasteiger partial charge < -0.3 is 20.5 Å². The van der Waals surface area contributed by atoms with E-state index in [1.807, 2.05) is 48.5 Å². The molecule has 2 unspecified atom stereocenters. The molecule has 3 aromatic rings. The zero-order valence-electron chi connectivity index (χ0n) is 18.2. The molecular weight excluding hydrogens is 424 g/mol. The van der Waals surface area contributed by atoms with Crippen molar-refractivity contribution in [3.8, 4) is 11.1 Å². The van der Waals surface area contributed by atoms with Crippen molar-refractivity contribution in [3.63, 3.8) is 0 Å². The van der Waals surface area contributed by atoms with Crippen LogP contribution in [0.3, 0.4) is 0 Å². The van der Waals surface area contributed by atoms with Gasteiger partial charge in [0, 0.05) is 24.7 Å². The Hall–Kier alpha value is -4.14. The molecule has 33 heavy (non-hydrogen) atoms. The number of carboxylic acid groups (broad SMARTS) is 1. The number of aromatic nitrogens is 2. The predicted molar refractivity (Wildman–Crippen MR) is 119 cm³/mol. The van der Waals surface area contributed by atoms with Gasteiger partial charge in [0.05, 0.1) is 6.20 Å². The Morgan fingerprint density at radius 1 is 1.06 bits per heavy atom. The number of nitrogens with one attached hydrogen (secondary N) is 2. The number of benzene rings is 2. The van der Waals surface area contributed by atoms with Crippen LogP contribution < -0.4 is 10.6 Å². The lowest BCUT2D eigenvalue weighted by Gasteiger charge is -2.19. The highest BCUT2D eigenvalue weighted by molar-refractivity contribution is 5.89. The second-order valence-corrected chi connectivity index (χ2v) is 7.92. The molecule has 1 heterocycles. The fraction of sp³-hybridized carbons (Fsp3) is 0.250. The summed E-state index contributed by atoms with van der Waals surface area (Å²) in [5.74, 6) is -1.99. The fourth-order valence-corrected chi connectivity index (χ4v) is 4.03. The van der Waals surface area contributed by atoms with Crippen LogP contribution in [0, 0.1) is 0 Å². The molecule has 0 bridgehead atoms. The normalized spacial score (nSPS) is 14.0. The zero-order valence-corrected chi connectivity index (χ0v) is 18.2. The molecule has 9 heteroatoms. The lowest BCUT2D eigenvalue weighted by molar-refractivity contribution is -0.142. The predicted octanol–water partition coefficient (Wildman–Crippen LogP) is 2.59. The number of hydrogen-bond acceptors (Lipinski definition) is 5. The molecule has 1 aliphatic carbocycles. The van der Waals surface area contributed by atoms with E-state index in [1.54, 1.807) is 7.05 Å². The first-order valence-corrected chi connectivity index (χ1v) is 10.5. The molecule has 2 atom stereocenters. The van der Waals surface area contributed by atoms with Crippen LogP contribution in [0.1, 0.15) is 35.6 Å². The maximum absolute atomic E-state index is 12.5. The topological polar surface area (TPSA) is 123 Å². The van der Waals surface area contributed by atoms with E-state index in [1.165, 1.54) is 24.0 Å². The van der Waals surface area contributed by atoms with E-state index in [0.29, 0.717) is 5.56 Å². The third kappa shape index (κ3) is 4.57. The quantitative estimate of drug-likeness (QED) is 0.511. The molecule has 4 rings (SSSR count). The smallest absolute Gasteiger partial charge is 0.407 e. The van der Waals surface area contributed by atoms with Gasteiger partial charge in [-0.3, -0.25) is 9.48 Å². The highest BCUT2D eigenvalue weighted by atomic mass is 16.5. The number of aliphatic carboxylic acids is 1. The first-order valence-electron chi connectivity index (χ1n) is 10.5. The zero-order chi connectivity index (χ0) is 23.5. The van der Waals surface area contributed by atoms with Crippen molar-refractivity contribution in [3.05, 3.63) is 77.6 Å². The van der Waals surface area contributed by atoms with Gasteiger partial charge in [0.25, 0.3) is 0 Å². The highest BCUT2D eigenvalue weighted by Crippen LogP contribution is 2.44. The minimum Gasteiger partial charge on any atom is -0.479 e. The molecule has 0 aliphatic heterocycles. The van der Waals surface area contributed by atoms with Crippen LogP contribution in [0.2, 0.25) is 0 Å². The Bertz CT molecular complexity index is 1160. The second-order valence-electron chi connectivity index (χ2n) is 7.92. The summed E-state index contributed by atoms with van der Waals surface area (Å²) < 4.78 is 6.88. The molecule has 0 saturated carbocycles. The van der Waals surface area contributed by atoms with Gasteiger partial charge in [-0.25, -0.2) is 9.59 Å². The number of carboxylic acids is 1. The Morgan fingerprint density at radius 3 is 2.21 bits per heavy atom. The van der Waals surface area contributed by atoms with Gasteiger partial charge in [0.2, 0.25) is 5.91 Å². The van der Waals surface area contributed by atoms with Gasteiger partial charge in [0.15, 0.2) is 6.04 Å². The van der Waals surface area contributed by atoms with Crippen LogP contribution in [0.25, 0.3) is 11.1 Å². The Balaban J connectivity index is 1.36. The molecule has 3 N–H and O–H groups in total. The van der Waals surface area contributed by atoms with E-state index >= 15 is 0 Å². The number of fused-ring (bicyclic) bond motifs is 3. The molecule has 0 radical (unpaired) electrons. The summed E-state index contributed by atoms with van der Waals surface area (Å²) in [5, 5.41) is 18.3. The standard InChI is InChI=1S/C24H24N4O5/c1-14(22(29)27-21(23(30)31)15-11-25-28(2)12-15)26-24(32)33-13-20-18-9-5-3-7-16(18)17-8-4-6-10-19(17)20/h3-12,14,20-21H,13H2,1-2H3,(H,26,32)(H,27,29)(H,30,31). The molecule has 1 aromatic heterocycles. The first kappa shape index (κ1) is 22.1. The van der Waals surface area contributed by atoms with E-state index in [-0.39, 0.29) is 12.5 Å². The largest absolute Gasteiger partial charge is 0.479 e. The maximum Gasteiger partial charge on any atom is 0.407 e. The Kier molecular flexibility index (Phi) is 6.12. The lowest BCUT2D eigenvalue weighted by atomic mass is 9.98. The van der Waals surface area contributed by atoms with Crippen LogP contribution in [0.4, 0.5) is 4.79 Å². The van der Waals surface area contributed by atoms with Crippen molar-refractivity contribution < 1.29 is 24.2 Å². The number of aryl methyl sites for hydroxylation is 1. The van der Waals surface area contributed by atoms with Crippen LogP contribution in [0.5, 0.6) is 0 Å². The van der Waals surface area contributed by atoms with Gasteiger partial charge in [0.1, 0.15) is 12.6 Å². The molecule has 0 fully saturated rings. The minimum absolute atomic E-state index is 0.103. The molecule has 170 valence electrons. The summed E-state index contributed by atoms with van der Waals surface area (Å²) in [6.07, 6.45) is 2.11. The van der Waals surface area contributed by atoms with Crippen molar-refractivity contribution >= 4 is 18.0 Å². The third-order valence-electron chi connectivity index (χ3n) is 5.66. The monoisotopic (exact) mass is 448 g/mol. The maximum atomic E-state index is 12.5. The summed E-state index contributed by atoms with van der Waals surface area (Å²) >= 11 is 0. The van der Waals surface area contributed by atoms with Crippen LogP contribution in [-0.4, -0.2) is 45.5 Å². The first-order chi connectivity index (χ1) is 15.8. The van der Waals surface area contributed by atoms with Crippen molar-refractivity contribution in [1.29, 1.82) is 0 Å². The lowest BCUT2D eigenvalue weighted by Crippen LogP contribution is -2.47. The van der Waals surface area contributed by atoms with Gasteiger partial charge in [-0.1, -0.05) is 48.5 Å². The Morgan fingerprint density at radius 2 is 1.67 bits per heavy atom. The van der Waals surface area contributed by atoms with Crippen molar-refractivity contribution in [2.75, 3.05) is 6.61 Å². The van der Waals surface area contributed by atoms with Gasteiger partial charge >= 0.3 is 12.1 Å². The summed E-state index contributed by atoms with van der Waals surface area (Å²) in [5.41, 5.74) is 4.72. The number of carbonyl (C=O) groups excluding carboxylic acids is 2. The van der Waals surface area contributed by atoms with Gasteiger partial charge in [-0.2, -0.15) is 5.10 Å². The summed E-state index contributed by atoms with van der Waals surface area (Å²) in [6, 6.07) is 13.7. The molecule has 1 aliphatic rings. The molecule has 9 nitrogen and oxygen atoms in total. The van der Waals surface area contributed by atoms with E-state index in [9.17, 15) is 19.5 Å². The van der Waals surface area contributed by atoms with E-state index in [4.69, 9.17) is 4.74 Å². The molecular formula is C24H24N4O5. The minimum atomic E-state index is -1.28. The number of hydrogen-bond donors (Lipinski definition) is 3. The van der Waals surface area contributed by atoms with Crippen molar-refractivity contribution in [1.82, 2.24) is 20.4 Å². The highest BCUT2D eigenvalue weighted by Gasteiger charge is 2.30. The fourth-order valence-electron chi connectivity index (χ4n) is 4.03. The van der Waals surface area contributed by atoms with Crippen molar-refractivity contribution in [2.24, 2.45) is 7.05 Å². The molecule has 2 amide bonds. The van der Waals surface area contributed by atoms with E-state index in [0.717, 1.165) is 22.3 Å². The number of alkyl carbamates (subject to hydrolysis) is 1. The van der Waals surface area contributed by atoms with Gasteiger partial charge in [-0.15, -0.1) is 0 Å². The second kappa shape index (κ2) is 9.15. The van der Waals surface area contributed by atoms with Gasteiger partial charge in [-0.05, 0) is 29.2 Å². The van der Waals surface area contributed by atoms with Crippen LogP contribution in [-0.2, 0) is 21.4 Å². The number of amides is 2. The molecule has 2 aromatic carbocycles. The number of nitrogens with zero attached hydrogens (tertiary/aromatic N) is 2. The summed E-state index contributed by atoms with van der Waals surface area (Å²) in [6.45, 7) is 1.57.